The number of ether oxygens (including phenoxy) is 3. The molecule has 0 fully saturated rings. The molecule has 0 rings (SSSR count). The van der Waals surface area contributed by atoms with Gasteiger partial charge in [-0.1, -0.05) is 257 Å². The maximum Gasteiger partial charge on any atom is 0.306 e. The quantitative estimate of drug-likeness (QED) is 0.0261. The van der Waals surface area contributed by atoms with Gasteiger partial charge in [-0.2, -0.15) is 0 Å². The molecule has 0 N–H and O–H groups in total. The topological polar surface area (TPSA) is 78.9 Å². The number of hydrogen-bond donors (Lipinski definition) is 0. The maximum absolute atomic E-state index is 12.9. The van der Waals surface area contributed by atoms with Crippen LogP contribution in [-0.4, -0.2) is 37.2 Å². The summed E-state index contributed by atoms with van der Waals surface area (Å²) in [6.07, 6.45) is 88.8. The van der Waals surface area contributed by atoms with Crippen LogP contribution in [0.1, 0.15) is 271 Å². The molecule has 0 aliphatic carbocycles. The van der Waals surface area contributed by atoms with E-state index in [2.05, 4.69) is 154 Å². The van der Waals surface area contributed by atoms with Crippen LogP contribution in [0.3, 0.4) is 0 Å². The molecule has 430 valence electrons. The summed E-state index contributed by atoms with van der Waals surface area (Å²) in [6, 6.07) is 0. The first kappa shape index (κ1) is 71.5. The van der Waals surface area contributed by atoms with E-state index in [1.54, 1.807) is 0 Å². The van der Waals surface area contributed by atoms with Gasteiger partial charge in [-0.05, 0) is 128 Å². The molecule has 0 radical (unpaired) electrons. The first-order valence-electron chi connectivity index (χ1n) is 31.2. The Morgan fingerprint density at radius 3 is 0.816 bits per heavy atom. The summed E-state index contributed by atoms with van der Waals surface area (Å²) < 4.78 is 16.9. The number of esters is 3. The molecule has 0 aromatic carbocycles. The zero-order chi connectivity index (χ0) is 55.0. The van der Waals surface area contributed by atoms with Gasteiger partial charge in [-0.25, -0.2) is 0 Å². The third-order valence-corrected chi connectivity index (χ3v) is 12.9. The number of carbonyl (C=O) groups is 3. The van der Waals surface area contributed by atoms with Gasteiger partial charge < -0.3 is 14.2 Å². The number of carbonyl (C=O) groups excluding carboxylic acids is 3. The second-order valence-electron chi connectivity index (χ2n) is 20.2. The molecule has 6 heteroatoms. The number of hydrogen-bond acceptors (Lipinski definition) is 6. The zero-order valence-corrected chi connectivity index (χ0v) is 49.2. The molecule has 0 aromatic heterocycles. The van der Waals surface area contributed by atoms with Gasteiger partial charge in [-0.3, -0.25) is 14.4 Å². The summed E-state index contributed by atoms with van der Waals surface area (Å²) in [5, 5.41) is 0. The van der Waals surface area contributed by atoms with Crippen LogP contribution >= 0.6 is 0 Å². The van der Waals surface area contributed by atoms with Gasteiger partial charge in [0, 0.05) is 19.3 Å². The molecule has 1 atom stereocenters. The summed E-state index contributed by atoms with van der Waals surface area (Å²) >= 11 is 0. The van der Waals surface area contributed by atoms with Crippen molar-refractivity contribution in [2.75, 3.05) is 13.2 Å². The van der Waals surface area contributed by atoms with E-state index in [9.17, 15) is 14.4 Å². The van der Waals surface area contributed by atoms with Crippen LogP contribution in [0.5, 0.6) is 0 Å². The fraction of sp³-hybridized carbons (Fsp3) is 0.643. The predicted molar refractivity (Wildman–Crippen MR) is 329 cm³/mol. The Morgan fingerprint density at radius 1 is 0.276 bits per heavy atom. The highest BCUT2D eigenvalue weighted by Crippen LogP contribution is 2.15. The third kappa shape index (κ3) is 60.4. The summed E-state index contributed by atoms with van der Waals surface area (Å²) in [7, 11) is 0. The molecule has 0 heterocycles. The minimum atomic E-state index is -0.795. The molecule has 0 aliphatic heterocycles. The van der Waals surface area contributed by atoms with E-state index in [4.69, 9.17) is 14.2 Å². The molecular formula is C70H114O6. The molecule has 0 bridgehead atoms. The lowest BCUT2D eigenvalue weighted by molar-refractivity contribution is -0.167. The minimum absolute atomic E-state index is 0.0920. The number of unbranched alkanes of at least 4 members (excludes halogenated alkanes) is 22. The lowest BCUT2D eigenvalue weighted by Crippen LogP contribution is -2.30. The Balaban J connectivity index is 4.32. The second kappa shape index (κ2) is 63.1. The van der Waals surface area contributed by atoms with Crippen molar-refractivity contribution in [1.82, 2.24) is 0 Å². The third-order valence-electron chi connectivity index (χ3n) is 12.9. The summed E-state index contributed by atoms with van der Waals surface area (Å²) in [5.41, 5.74) is 0. The Morgan fingerprint density at radius 2 is 0.513 bits per heavy atom. The molecule has 1 unspecified atom stereocenters. The van der Waals surface area contributed by atoms with Crippen molar-refractivity contribution in [3.8, 4) is 0 Å². The van der Waals surface area contributed by atoms with Crippen LogP contribution < -0.4 is 0 Å². The minimum Gasteiger partial charge on any atom is -0.462 e. The Hall–Kier alpha value is -4.45. The molecular weight excluding hydrogens is 937 g/mol. The normalized spacial score (nSPS) is 13.0. The summed E-state index contributed by atoms with van der Waals surface area (Å²) in [5.74, 6) is -0.920. The van der Waals surface area contributed by atoms with Crippen molar-refractivity contribution >= 4 is 17.9 Å². The summed E-state index contributed by atoms with van der Waals surface area (Å²) in [4.78, 5) is 38.2. The SMILES string of the molecule is CC/C=C\C/C=C\C/C=C\C/C=C\C/C=C\CCCCCCCCCCCC(=O)OCC(COC(=O)CCCCCCC/C=C\CCC)OC(=O)CCCCCCCCC/C=C\C/C=C\C/C=C\C/C=C\C/C=C\CC. The molecule has 76 heavy (non-hydrogen) atoms. The van der Waals surface area contributed by atoms with Gasteiger partial charge in [0.25, 0.3) is 0 Å². The standard InChI is InChI=1S/C70H114O6/c1-4-7-10-13-16-19-22-24-26-28-30-32-34-35-37-38-40-42-44-46-48-51-54-57-60-63-69(72)75-66-67(65-74-68(71)62-59-56-53-50-21-18-15-12-9-6-3)76-70(73)64-61-58-55-52-49-47-45-43-41-39-36-33-31-29-27-25-23-20-17-14-11-8-5-2/h7-8,10-12,15-17,19-20,24-27,30-33,35,37,39,41,67H,4-6,9,13-14,18,21-23,28-29,34,36,38,40,42-66H2,1-3H3/b10-7-,11-8-,15-12-,19-16-,20-17-,26-24-,27-25-,32-30-,33-31-,37-35-,41-39-. The first-order chi connectivity index (χ1) is 37.5. The van der Waals surface area contributed by atoms with Gasteiger partial charge >= 0.3 is 17.9 Å². The van der Waals surface area contributed by atoms with E-state index in [0.29, 0.717) is 19.3 Å². The van der Waals surface area contributed by atoms with Crippen molar-refractivity contribution < 1.29 is 28.6 Å². The molecule has 0 amide bonds. The first-order valence-corrected chi connectivity index (χ1v) is 31.2. The highest BCUT2D eigenvalue weighted by Gasteiger charge is 2.19. The monoisotopic (exact) mass is 1050 g/mol. The molecule has 0 saturated carbocycles. The highest BCUT2D eigenvalue weighted by molar-refractivity contribution is 5.71. The van der Waals surface area contributed by atoms with Crippen LogP contribution in [0.4, 0.5) is 0 Å². The van der Waals surface area contributed by atoms with Crippen molar-refractivity contribution in [2.45, 2.75) is 277 Å². The Labute approximate surface area is 468 Å². The highest BCUT2D eigenvalue weighted by atomic mass is 16.6. The van der Waals surface area contributed by atoms with Crippen LogP contribution in [-0.2, 0) is 28.6 Å². The van der Waals surface area contributed by atoms with Crippen LogP contribution in [0.25, 0.3) is 0 Å². The van der Waals surface area contributed by atoms with Gasteiger partial charge in [0.05, 0.1) is 0 Å². The van der Waals surface area contributed by atoms with Crippen LogP contribution in [0.15, 0.2) is 134 Å². The van der Waals surface area contributed by atoms with E-state index >= 15 is 0 Å². The number of allylic oxidation sites excluding steroid dienone is 22. The van der Waals surface area contributed by atoms with Crippen molar-refractivity contribution in [2.24, 2.45) is 0 Å². The van der Waals surface area contributed by atoms with E-state index < -0.39 is 6.10 Å². The van der Waals surface area contributed by atoms with Crippen molar-refractivity contribution in [3.05, 3.63) is 134 Å². The van der Waals surface area contributed by atoms with E-state index in [0.717, 1.165) is 154 Å². The van der Waals surface area contributed by atoms with E-state index in [-0.39, 0.29) is 31.1 Å². The molecule has 0 saturated heterocycles. The molecule has 0 aliphatic rings. The molecule has 0 aromatic rings. The fourth-order valence-corrected chi connectivity index (χ4v) is 8.26. The van der Waals surface area contributed by atoms with E-state index in [1.807, 2.05) is 0 Å². The second-order valence-corrected chi connectivity index (χ2v) is 20.2. The van der Waals surface area contributed by atoms with E-state index in [1.165, 1.54) is 77.0 Å². The zero-order valence-electron chi connectivity index (χ0n) is 49.2. The average molecular weight is 1050 g/mol. The van der Waals surface area contributed by atoms with Crippen molar-refractivity contribution in [1.29, 1.82) is 0 Å². The van der Waals surface area contributed by atoms with Crippen molar-refractivity contribution in [3.63, 3.8) is 0 Å². The van der Waals surface area contributed by atoms with Gasteiger partial charge in [-0.15, -0.1) is 0 Å². The molecule has 0 spiro atoms. The maximum atomic E-state index is 12.9. The van der Waals surface area contributed by atoms with Gasteiger partial charge in [0.2, 0.25) is 0 Å². The van der Waals surface area contributed by atoms with Gasteiger partial charge in [0.15, 0.2) is 6.10 Å². The van der Waals surface area contributed by atoms with Gasteiger partial charge in [0.1, 0.15) is 13.2 Å². The Kier molecular flexibility index (Phi) is 59.4. The average Bonchev–Trinajstić information content (AvgIpc) is 3.42. The largest absolute Gasteiger partial charge is 0.462 e. The number of rotatable bonds is 55. The lowest BCUT2D eigenvalue weighted by atomic mass is 10.1. The fourth-order valence-electron chi connectivity index (χ4n) is 8.26. The Bertz CT molecular complexity index is 1630. The smallest absolute Gasteiger partial charge is 0.306 e. The predicted octanol–water partition coefficient (Wildman–Crippen LogP) is 21.4. The molecule has 6 nitrogen and oxygen atoms in total. The summed E-state index contributed by atoms with van der Waals surface area (Å²) in [6.45, 7) is 6.33. The van der Waals surface area contributed by atoms with Crippen LogP contribution in [0.2, 0.25) is 0 Å². The van der Waals surface area contributed by atoms with Crippen LogP contribution in [0, 0.1) is 0 Å². The lowest BCUT2D eigenvalue weighted by Gasteiger charge is -2.18.